The molecular weight excluding hydrogens is 754 g/mol. The van der Waals surface area contributed by atoms with Crippen LogP contribution < -0.4 is 9.47 Å². The highest BCUT2D eigenvalue weighted by Gasteiger charge is 2.92. The Kier molecular flexibility index (Phi) is 10.4. The normalized spacial score (nSPS) is 41.7. The molecule has 1 spiro atoms. The molecule has 15 atom stereocenters. The summed E-state index contributed by atoms with van der Waals surface area (Å²) in [6.07, 6.45) is -6.04. The van der Waals surface area contributed by atoms with Gasteiger partial charge in [0.1, 0.15) is 41.5 Å². The zero-order valence-electron chi connectivity index (χ0n) is 34.2. The van der Waals surface area contributed by atoms with Crippen molar-refractivity contribution in [3.63, 3.8) is 0 Å². The zero-order chi connectivity index (χ0) is 41.5. The maximum absolute atomic E-state index is 14.1. The van der Waals surface area contributed by atoms with E-state index in [4.69, 9.17) is 42.6 Å². The number of nitrogens with zero attached hydrogens (tertiary/aromatic N) is 1. The molecule has 1 aliphatic heterocycles. The maximum Gasteiger partial charge on any atom is 0.338 e. The molecular formula is C43H55NO14. The fourth-order valence-corrected chi connectivity index (χ4v) is 13.5. The van der Waals surface area contributed by atoms with E-state index in [2.05, 4.69) is 4.90 Å². The lowest BCUT2D eigenvalue weighted by Crippen LogP contribution is -2.81. The Bertz CT molecular complexity index is 1890. The number of piperidine rings is 1. The first-order valence-corrected chi connectivity index (χ1v) is 19.9. The van der Waals surface area contributed by atoms with Crippen LogP contribution in [0.5, 0.6) is 11.5 Å². The Morgan fingerprint density at radius 2 is 1.40 bits per heavy atom. The van der Waals surface area contributed by atoms with Crippen LogP contribution in [0.15, 0.2) is 48.5 Å². The number of benzene rings is 2. The Labute approximate surface area is 338 Å². The van der Waals surface area contributed by atoms with Crippen LogP contribution in [0.1, 0.15) is 47.4 Å². The molecule has 5 unspecified atom stereocenters. The molecule has 2 N–H and O–H groups in total. The smallest absolute Gasteiger partial charge is 0.338 e. The number of likely N-dealkylation sites (tertiary alicyclic amines) is 1. The van der Waals surface area contributed by atoms with E-state index in [0.29, 0.717) is 30.2 Å². The Morgan fingerprint density at radius 3 is 1.90 bits per heavy atom. The third-order valence-corrected chi connectivity index (χ3v) is 15.0. The number of carbonyl (C=O) groups is 3. The summed E-state index contributed by atoms with van der Waals surface area (Å²) in [5, 5.41) is 25.9. The molecule has 0 radical (unpaired) electrons. The highest BCUT2D eigenvalue weighted by atomic mass is 16.6. The van der Waals surface area contributed by atoms with E-state index >= 15 is 0 Å². The molecule has 8 rings (SSSR count). The zero-order valence-corrected chi connectivity index (χ0v) is 34.2. The van der Waals surface area contributed by atoms with Crippen LogP contribution in [0.4, 0.5) is 0 Å². The first-order valence-electron chi connectivity index (χ1n) is 19.9. The lowest BCUT2D eigenvalue weighted by Gasteiger charge is -2.70. The topological polar surface area (TPSA) is 178 Å². The van der Waals surface area contributed by atoms with E-state index in [0.717, 1.165) is 0 Å². The molecule has 1 saturated heterocycles. The molecule has 6 fully saturated rings. The van der Waals surface area contributed by atoms with E-state index in [9.17, 15) is 24.6 Å². The van der Waals surface area contributed by atoms with E-state index < -0.39 is 106 Å². The van der Waals surface area contributed by atoms with Crippen molar-refractivity contribution < 1.29 is 67.2 Å². The highest BCUT2D eigenvalue weighted by molar-refractivity contribution is 5.90. The van der Waals surface area contributed by atoms with Crippen molar-refractivity contribution in [2.45, 2.75) is 80.6 Å². The van der Waals surface area contributed by atoms with Gasteiger partial charge in [0.05, 0.1) is 44.2 Å². The largest absolute Gasteiger partial charge is 0.497 e. The van der Waals surface area contributed by atoms with Crippen LogP contribution in [0, 0.1) is 34.5 Å². The van der Waals surface area contributed by atoms with Crippen LogP contribution in [-0.4, -0.2) is 149 Å². The van der Waals surface area contributed by atoms with Crippen LogP contribution in [0.2, 0.25) is 0 Å². The van der Waals surface area contributed by atoms with E-state index in [1.165, 1.54) is 21.1 Å². The minimum absolute atomic E-state index is 0.00371. The van der Waals surface area contributed by atoms with Crippen molar-refractivity contribution in [2.24, 2.45) is 34.5 Å². The lowest BCUT2D eigenvalue weighted by atomic mass is 9.42. The Hall–Kier alpha value is -3.83. The number of hydrogen-bond acceptors (Lipinski definition) is 15. The van der Waals surface area contributed by atoms with Crippen LogP contribution in [0.25, 0.3) is 0 Å². The number of aliphatic hydroxyl groups is 2. The number of ether oxygens (including phenoxy) is 9. The number of aliphatic hydroxyl groups excluding tert-OH is 1. The Morgan fingerprint density at radius 1 is 0.793 bits per heavy atom. The number of fused-ring (bicyclic) bond motifs is 2. The summed E-state index contributed by atoms with van der Waals surface area (Å²) in [6, 6.07) is 12.7. The quantitative estimate of drug-likeness (QED) is 0.223. The maximum atomic E-state index is 14.1. The third kappa shape index (κ3) is 5.26. The average molecular weight is 810 g/mol. The summed E-state index contributed by atoms with van der Waals surface area (Å²) >= 11 is 0. The van der Waals surface area contributed by atoms with Crippen molar-refractivity contribution in [2.75, 3.05) is 62.4 Å². The van der Waals surface area contributed by atoms with Gasteiger partial charge in [-0.1, -0.05) is 6.92 Å². The minimum atomic E-state index is -1.93. The molecule has 6 aliphatic rings. The Balaban J connectivity index is 1.34. The van der Waals surface area contributed by atoms with Gasteiger partial charge in [0.25, 0.3) is 0 Å². The second kappa shape index (κ2) is 14.7. The van der Waals surface area contributed by atoms with Gasteiger partial charge in [-0.3, -0.25) is 9.69 Å². The summed E-state index contributed by atoms with van der Waals surface area (Å²) in [5.74, 6) is -3.57. The fourth-order valence-electron chi connectivity index (χ4n) is 13.5. The lowest BCUT2D eigenvalue weighted by molar-refractivity contribution is -0.322. The van der Waals surface area contributed by atoms with Crippen LogP contribution >= 0.6 is 0 Å². The number of methoxy groups -OCH3 is 6. The molecule has 5 aliphatic carbocycles. The molecule has 58 heavy (non-hydrogen) atoms. The monoisotopic (exact) mass is 809 g/mol. The van der Waals surface area contributed by atoms with Gasteiger partial charge in [0.15, 0.2) is 5.60 Å². The van der Waals surface area contributed by atoms with Gasteiger partial charge < -0.3 is 52.8 Å². The molecule has 1 heterocycles. The summed E-state index contributed by atoms with van der Waals surface area (Å²) < 4.78 is 55.6. The number of rotatable bonds is 13. The van der Waals surface area contributed by atoms with E-state index in [-0.39, 0.29) is 25.0 Å². The average Bonchev–Trinajstić information content (AvgIpc) is 3.60. The van der Waals surface area contributed by atoms with E-state index in [1.807, 2.05) is 6.92 Å². The molecule has 316 valence electrons. The third-order valence-electron chi connectivity index (χ3n) is 15.0. The molecule has 0 aromatic heterocycles. The first-order chi connectivity index (χ1) is 27.8. The van der Waals surface area contributed by atoms with Crippen molar-refractivity contribution >= 4 is 17.9 Å². The van der Waals surface area contributed by atoms with Gasteiger partial charge in [-0.2, -0.15) is 0 Å². The van der Waals surface area contributed by atoms with Gasteiger partial charge >= 0.3 is 17.9 Å². The molecule has 15 nitrogen and oxygen atoms in total. The molecule has 2 aromatic rings. The molecule has 7 bridgehead atoms. The fraction of sp³-hybridized carbons (Fsp3) is 0.651. The van der Waals surface area contributed by atoms with E-state index in [1.54, 1.807) is 77.0 Å². The molecule has 5 saturated carbocycles. The summed E-state index contributed by atoms with van der Waals surface area (Å²) in [7, 11) is 9.30. The van der Waals surface area contributed by atoms with Crippen molar-refractivity contribution in [3.05, 3.63) is 59.7 Å². The van der Waals surface area contributed by atoms with Crippen LogP contribution in [-0.2, 0) is 38.0 Å². The minimum Gasteiger partial charge on any atom is -0.497 e. The predicted octanol–water partition coefficient (Wildman–Crippen LogP) is 2.53. The van der Waals surface area contributed by atoms with Crippen molar-refractivity contribution in [3.8, 4) is 11.5 Å². The van der Waals surface area contributed by atoms with Gasteiger partial charge in [-0.05, 0) is 67.4 Å². The van der Waals surface area contributed by atoms with Crippen molar-refractivity contribution in [1.29, 1.82) is 0 Å². The number of hydrogen-bond donors (Lipinski definition) is 2. The predicted molar refractivity (Wildman–Crippen MR) is 203 cm³/mol. The molecule has 0 amide bonds. The summed E-state index contributed by atoms with van der Waals surface area (Å²) in [5.41, 5.74) is -4.98. The number of carbonyl (C=O) groups excluding carboxylic acids is 3. The van der Waals surface area contributed by atoms with Gasteiger partial charge in [0.2, 0.25) is 0 Å². The highest BCUT2D eigenvalue weighted by Crippen LogP contribution is 2.81. The SMILES string of the molecule is CCN1C[C@]2(COC)[C@H](OC(=O)c3ccc(OC)cc3)C[C@H](OC)C34C5CC6(O)[C@H](OC(=O)c7ccc(OC)cc7)[C@@H]5[C@@](OC(C)=O)(C(C13)[C@H](OC)[C@@H]42)[C@@H](O)[C@@H]6OC. The molecule has 15 heteroatoms. The standard InChI is InChI=1S/C43H55NO14/c1-9-44-20-40(21-50-3)28(56-38(47)23-10-14-25(51-4)15-11-23)18-29(53-6)42-27-19-41(49)36(57-39(48)24-12-16-26(52-5)17-13-24)30(27)43(58-22(2)45,35(46)37(41)55-8)31(34(42)44)32(54-7)33(40)42/h10-17,27-37,46,49H,9,18-21H2,1-8H3/t27?,28-,29+,30-,31?,32+,33-,34?,35+,36-,37+,40+,41?,42?,43-/m1/s1. The van der Waals surface area contributed by atoms with Crippen molar-refractivity contribution in [1.82, 2.24) is 4.90 Å². The van der Waals surface area contributed by atoms with Gasteiger partial charge in [0, 0.05) is 83.0 Å². The summed E-state index contributed by atoms with van der Waals surface area (Å²) in [4.78, 5) is 44.1. The van der Waals surface area contributed by atoms with Gasteiger partial charge in [-0.15, -0.1) is 0 Å². The molecule has 2 aromatic carbocycles. The first kappa shape index (κ1) is 40.9. The van der Waals surface area contributed by atoms with Gasteiger partial charge in [-0.25, -0.2) is 9.59 Å². The second-order valence-electron chi connectivity index (χ2n) is 16.9. The second-order valence-corrected chi connectivity index (χ2v) is 16.9. The van der Waals surface area contributed by atoms with Crippen LogP contribution in [0.3, 0.4) is 0 Å². The summed E-state index contributed by atoms with van der Waals surface area (Å²) in [6.45, 7) is 4.42. The number of esters is 3.